The first-order valence-corrected chi connectivity index (χ1v) is 7.45. The quantitative estimate of drug-likeness (QED) is 0.613. The molecule has 0 atom stereocenters. The van der Waals surface area contributed by atoms with Gasteiger partial charge in [-0.1, -0.05) is 12.1 Å². The van der Waals surface area contributed by atoms with E-state index in [0.717, 1.165) is 23.4 Å². The Morgan fingerprint density at radius 2 is 1.87 bits per heavy atom. The predicted molar refractivity (Wildman–Crippen MR) is 87.9 cm³/mol. The van der Waals surface area contributed by atoms with Crippen molar-refractivity contribution >= 4 is 22.9 Å². The van der Waals surface area contributed by atoms with Crippen LogP contribution in [-0.4, -0.2) is 29.0 Å². The number of hydrogen-bond donors (Lipinski definition) is 3. The summed E-state index contributed by atoms with van der Waals surface area (Å²) in [6.45, 7) is 1.22. The minimum atomic E-state index is -0.350. The summed E-state index contributed by atoms with van der Waals surface area (Å²) < 4.78 is 12.8. The average molecular weight is 312 g/mol. The standard InChI is InChI=1S/C17H17FN4O/c18-13-8-6-12(7-9-13)16(23)19-10-3-11-20-17-21-14-4-1-2-5-15(14)22-17/h1-2,4-9H,3,10-11H2,(H,19,23)(H2,20,21,22). The highest BCUT2D eigenvalue weighted by Gasteiger charge is 2.04. The molecule has 0 bridgehead atoms. The second-order valence-corrected chi connectivity index (χ2v) is 5.15. The second kappa shape index (κ2) is 6.91. The van der Waals surface area contributed by atoms with E-state index < -0.39 is 0 Å². The van der Waals surface area contributed by atoms with E-state index >= 15 is 0 Å². The molecule has 0 spiro atoms. The van der Waals surface area contributed by atoms with Crippen LogP contribution in [0.4, 0.5) is 10.3 Å². The zero-order chi connectivity index (χ0) is 16.1. The highest BCUT2D eigenvalue weighted by Crippen LogP contribution is 2.12. The molecule has 0 aliphatic rings. The van der Waals surface area contributed by atoms with Crippen molar-refractivity contribution in [3.05, 3.63) is 59.9 Å². The minimum Gasteiger partial charge on any atom is -0.356 e. The van der Waals surface area contributed by atoms with Gasteiger partial charge in [-0.2, -0.15) is 0 Å². The molecule has 3 N–H and O–H groups in total. The topological polar surface area (TPSA) is 69.8 Å². The molecule has 3 aromatic rings. The molecule has 0 saturated heterocycles. The van der Waals surface area contributed by atoms with Crippen LogP contribution < -0.4 is 10.6 Å². The largest absolute Gasteiger partial charge is 0.356 e. The third-order valence-electron chi connectivity index (χ3n) is 3.43. The summed E-state index contributed by atoms with van der Waals surface area (Å²) in [6.07, 6.45) is 0.754. The zero-order valence-electron chi connectivity index (χ0n) is 12.5. The van der Waals surface area contributed by atoms with Crippen molar-refractivity contribution in [3.63, 3.8) is 0 Å². The number of aromatic nitrogens is 2. The Morgan fingerprint density at radius 3 is 2.65 bits per heavy atom. The second-order valence-electron chi connectivity index (χ2n) is 5.15. The number of nitrogens with one attached hydrogen (secondary N) is 3. The molecule has 1 aromatic heterocycles. The summed E-state index contributed by atoms with van der Waals surface area (Å²) in [4.78, 5) is 19.4. The van der Waals surface area contributed by atoms with Gasteiger partial charge in [0, 0.05) is 18.7 Å². The molecule has 0 aliphatic carbocycles. The van der Waals surface area contributed by atoms with Gasteiger partial charge in [-0.15, -0.1) is 0 Å². The van der Waals surface area contributed by atoms with Crippen LogP contribution in [0.3, 0.4) is 0 Å². The molecular weight excluding hydrogens is 295 g/mol. The Kier molecular flexibility index (Phi) is 4.52. The smallest absolute Gasteiger partial charge is 0.251 e. The maximum Gasteiger partial charge on any atom is 0.251 e. The molecule has 1 heterocycles. The monoisotopic (exact) mass is 312 g/mol. The van der Waals surface area contributed by atoms with Crippen molar-refractivity contribution in [3.8, 4) is 0 Å². The van der Waals surface area contributed by atoms with E-state index in [9.17, 15) is 9.18 Å². The number of rotatable bonds is 6. The Bertz CT molecular complexity index is 765. The molecule has 0 fully saturated rings. The molecule has 0 saturated carbocycles. The number of carbonyl (C=O) groups excluding carboxylic acids is 1. The minimum absolute atomic E-state index is 0.200. The van der Waals surface area contributed by atoms with Crippen molar-refractivity contribution in [1.82, 2.24) is 15.3 Å². The van der Waals surface area contributed by atoms with Crippen LogP contribution in [0.1, 0.15) is 16.8 Å². The van der Waals surface area contributed by atoms with E-state index in [-0.39, 0.29) is 11.7 Å². The third kappa shape index (κ3) is 3.85. The van der Waals surface area contributed by atoms with Crippen LogP contribution in [0, 0.1) is 5.82 Å². The highest BCUT2D eigenvalue weighted by atomic mass is 19.1. The van der Waals surface area contributed by atoms with E-state index in [1.165, 1.54) is 24.3 Å². The van der Waals surface area contributed by atoms with Crippen LogP contribution >= 0.6 is 0 Å². The first-order valence-electron chi connectivity index (χ1n) is 7.45. The number of amides is 1. The number of aromatic amines is 1. The molecule has 3 rings (SSSR count). The fraction of sp³-hybridized carbons (Fsp3) is 0.176. The van der Waals surface area contributed by atoms with Gasteiger partial charge in [0.25, 0.3) is 5.91 Å². The molecule has 0 radical (unpaired) electrons. The number of nitrogens with zero attached hydrogens (tertiary/aromatic N) is 1. The molecule has 1 amide bonds. The number of halogens is 1. The van der Waals surface area contributed by atoms with Gasteiger partial charge < -0.3 is 15.6 Å². The normalized spacial score (nSPS) is 10.7. The average Bonchev–Trinajstić information content (AvgIpc) is 2.97. The van der Waals surface area contributed by atoms with E-state index in [1.54, 1.807) is 0 Å². The first kappa shape index (κ1) is 15.0. The molecule has 0 unspecified atom stereocenters. The summed E-state index contributed by atoms with van der Waals surface area (Å²) in [7, 11) is 0. The molecule has 5 nitrogen and oxygen atoms in total. The molecule has 6 heteroatoms. The lowest BCUT2D eigenvalue weighted by Gasteiger charge is -2.06. The molecule has 0 aliphatic heterocycles. The lowest BCUT2D eigenvalue weighted by atomic mass is 10.2. The Labute approximate surface area is 132 Å². The van der Waals surface area contributed by atoms with Gasteiger partial charge in [0.15, 0.2) is 0 Å². The Hall–Kier alpha value is -2.89. The van der Waals surface area contributed by atoms with Crippen molar-refractivity contribution in [2.45, 2.75) is 6.42 Å². The number of carbonyl (C=O) groups is 1. The van der Waals surface area contributed by atoms with Crippen molar-refractivity contribution < 1.29 is 9.18 Å². The number of hydrogen-bond acceptors (Lipinski definition) is 3. The van der Waals surface area contributed by atoms with Gasteiger partial charge in [-0.25, -0.2) is 9.37 Å². The van der Waals surface area contributed by atoms with Gasteiger partial charge in [-0.05, 0) is 42.8 Å². The lowest BCUT2D eigenvalue weighted by Crippen LogP contribution is -2.25. The van der Waals surface area contributed by atoms with Gasteiger partial charge in [0.05, 0.1) is 11.0 Å². The number of anilines is 1. The Balaban J connectivity index is 1.41. The first-order chi connectivity index (χ1) is 11.2. The summed E-state index contributed by atoms with van der Waals surface area (Å²) in [5.41, 5.74) is 2.36. The van der Waals surface area contributed by atoms with E-state index in [2.05, 4.69) is 20.6 Å². The number of fused-ring (bicyclic) bond motifs is 1. The molecular formula is C17H17FN4O. The van der Waals surface area contributed by atoms with E-state index in [1.807, 2.05) is 24.3 Å². The summed E-state index contributed by atoms with van der Waals surface area (Å²) in [5, 5.41) is 5.99. The van der Waals surface area contributed by atoms with Crippen LogP contribution in [0.25, 0.3) is 11.0 Å². The number of H-pyrrole nitrogens is 1. The van der Waals surface area contributed by atoms with Crippen molar-refractivity contribution in [2.24, 2.45) is 0 Å². The highest BCUT2D eigenvalue weighted by molar-refractivity contribution is 5.94. The summed E-state index contributed by atoms with van der Waals surface area (Å²) >= 11 is 0. The third-order valence-corrected chi connectivity index (χ3v) is 3.43. The fourth-order valence-electron chi connectivity index (χ4n) is 2.24. The molecule has 23 heavy (non-hydrogen) atoms. The molecule has 118 valence electrons. The van der Waals surface area contributed by atoms with E-state index in [4.69, 9.17) is 0 Å². The lowest BCUT2D eigenvalue weighted by molar-refractivity contribution is 0.0953. The fourth-order valence-corrected chi connectivity index (χ4v) is 2.24. The predicted octanol–water partition coefficient (Wildman–Crippen LogP) is 2.93. The zero-order valence-corrected chi connectivity index (χ0v) is 12.5. The summed E-state index contributed by atoms with van der Waals surface area (Å²) in [5.74, 6) is 0.168. The van der Waals surface area contributed by atoms with Crippen molar-refractivity contribution in [1.29, 1.82) is 0 Å². The number of imidazole rings is 1. The van der Waals surface area contributed by atoms with Crippen molar-refractivity contribution in [2.75, 3.05) is 18.4 Å². The van der Waals surface area contributed by atoms with Crippen LogP contribution in [0.15, 0.2) is 48.5 Å². The van der Waals surface area contributed by atoms with Gasteiger partial charge >= 0.3 is 0 Å². The van der Waals surface area contributed by atoms with Gasteiger partial charge in [0.1, 0.15) is 5.82 Å². The van der Waals surface area contributed by atoms with Crippen LogP contribution in [0.2, 0.25) is 0 Å². The van der Waals surface area contributed by atoms with Crippen LogP contribution in [-0.2, 0) is 0 Å². The van der Waals surface area contributed by atoms with Crippen LogP contribution in [0.5, 0.6) is 0 Å². The number of para-hydroxylation sites is 2. The maximum absolute atomic E-state index is 12.8. The molecule has 2 aromatic carbocycles. The SMILES string of the molecule is O=C(NCCCNc1nc2ccccc2[nH]1)c1ccc(F)cc1. The Morgan fingerprint density at radius 1 is 1.09 bits per heavy atom. The van der Waals surface area contributed by atoms with Gasteiger partial charge in [0.2, 0.25) is 5.95 Å². The van der Waals surface area contributed by atoms with Gasteiger partial charge in [-0.3, -0.25) is 4.79 Å². The maximum atomic E-state index is 12.8. The summed E-state index contributed by atoms with van der Waals surface area (Å²) in [6, 6.07) is 13.3. The van der Waals surface area contributed by atoms with E-state index in [0.29, 0.717) is 18.7 Å². The number of benzene rings is 2.